The first-order valence-electron chi connectivity index (χ1n) is 19.9. The van der Waals surface area contributed by atoms with Gasteiger partial charge < -0.3 is 9.47 Å². The van der Waals surface area contributed by atoms with E-state index in [0.29, 0.717) is 0 Å². The van der Waals surface area contributed by atoms with E-state index in [1.165, 1.54) is 71.2 Å². The molecule has 0 atom stereocenters. The molecule has 0 aliphatic carbocycles. The first-order chi connectivity index (χ1) is 28.8. The van der Waals surface area contributed by atoms with E-state index in [9.17, 15) is 0 Å². The summed E-state index contributed by atoms with van der Waals surface area (Å²) in [5.41, 5.74) is 14.0. The Balaban J connectivity index is 1.05. The minimum Gasteiger partial charge on any atom is -0.310 e. The second-order valence-electron chi connectivity index (χ2n) is 15.0. The summed E-state index contributed by atoms with van der Waals surface area (Å²) in [6.07, 6.45) is 0. The van der Waals surface area contributed by atoms with E-state index in [1.807, 2.05) is 0 Å². The summed E-state index contributed by atoms with van der Waals surface area (Å²) in [6, 6.07) is 83.7. The van der Waals surface area contributed by atoms with Crippen LogP contribution < -0.4 is 4.90 Å². The van der Waals surface area contributed by atoms with Crippen LogP contribution in [0.5, 0.6) is 0 Å². The fourth-order valence-electron chi connectivity index (χ4n) is 8.81. The van der Waals surface area contributed by atoms with Crippen molar-refractivity contribution in [2.45, 2.75) is 0 Å². The van der Waals surface area contributed by atoms with Crippen LogP contribution in [0.2, 0.25) is 0 Å². The first kappa shape index (κ1) is 33.6. The Morgan fingerprint density at radius 2 is 0.828 bits per heavy atom. The third-order valence-corrected chi connectivity index (χ3v) is 11.6. The molecule has 0 bridgehead atoms. The monoisotopic (exact) mass is 738 g/mol. The number of hydrogen-bond donors (Lipinski definition) is 0. The van der Waals surface area contributed by atoms with E-state index in [0.717, 1.165) is 28.3 Å². The zero-order valence-electron chi connectivity index (χ0n) is 31.8. The van der Waals surface area contributed by atoms with Gasteiger partial charge in [-0.3, -0.25) is 0 Å². The summed E-state index contributed by atoms with van der Waals surface area (Å²) in [4.78, 5) is 2.39. The number of hydrogen-bond acceptors (Lipinski definition) is 1. The molecule has 0 unspecified atom stereocenters. The smallest absolute Gasteiger partial charge is 0.0541 e. The van der Waals surface area contributed by atoms with Gasteiger partial charge >= 0.3 is 0 Å². The zero-order valence-corrected chi connectivity index (χ0v) is 31.8. The molecule has 0 aliphatic heterocycles. The molecule has 0 amide bonds. The van der Waals surface area contributed by atoms with Gasteiger partial charge in [-0.25, -0.2) is 0 Å². The molecule has 11 aromatic rings. The highest BCUT2D eigenvalue weighted by Crippen LogP contribution is 2.42. The summed E-state index contributed by atoms with van der Waals surface area (Å²) in [5.74, 6) is 0. The Hall–Kier alpha value is -7.68. The van der Waals surface area contributed by atoms with Gasteiger partial charge in [0.25, 0.3) is 0 Å². The standard InChI is InChI=1S/C56H38N2/c1-2-15-40(16-3-1)49-24-13-19-45-38-48(34-35-50(45)49)57(47-20-12-18-43(37-47)44-29-28-39-14-4-5-17-42(39)36-44)46-32-30-41(31-33-46)51-21-6-9-25-54(51)58-55-26-10-7-22-52(55)53-23-8-11-27-56(53)58/h1-38H. The largest absolute Gasteiger partial charge is 0.310 e. The van der Waals surface area contributed by atoms with Gasteiger partial charge in [0.15, 0.2) is 0 Å². The van der Waals surface area contributed by atoms with Crippen LogP contribution in [0.3, 0.4) is 0 Å². The van der Waals surface area contributed by atoms with E-state index in [-0.39, 0.29) is 0 Å². The number of nitrogens with zero attached hydrogens (tertiary/aromatic N) is 2. The van der Waals surface area contributed by atoms with Crippen molar-refractivity contribution in [2.24, 2.45) is 0 Å². The van der Waals surface area contributed by atoms with Crippen LogP contribution in [-0.2, 0) is 0 Å². The average Bonchev–Trinajstić information content (AvgIpc) is 3.63. The predicted octanol–water partition coefficient (Wildman–Crippen LogP) is 15.6. The van der Waals surface area contributed by atoms with E-state index < -0.39 is 0 Å². The number of aromatic nitrogens is 1. The fourth-order valence-corrected chi connectivity index (χ4v) is 8.81. The number of benzene rings is 10. The zero-order chi connectivity index (χ0) is 38.4. The van der Waals surface area contributed by atoms with Crippen molar-refractivity contribution in [1.82, 2.24) is 4.57 Å². The van der Waals surface area contributed by atoms with E-state index in [2.05, 4.69) is 240 Å². The topological polar surface area (TPSA) is 8.17 Å². The molecular weight excluding hydrogens is 701 g/mol. The molecule has 0 saturated heterocycles. The minimum absolute atomic E-state index is 1.09. The lowest BCUT2D eigenvalue weighted by molar-refractivity contribution is 1.18. The van der Waals surface area contributed by atoms with Crippen molar-refractivity contribution in [3.63, 3.8) is 0 Å². The second kappa shape index (κ2) is 14.1. The lowest BCUT2D eigenvalue weighted by Gasteiger charge is -2.27. The normalized spacial score (nSPS) is 11.4. The molecule has 0 N–H and O–H groups in total. The summed E-state index contributed by atoms with van der Waals surface area (Å²) in [7, 11) is 0. The van der Waals surface area contributed by atoms with Gasteiger partial charge in [-0.05, 0) is 110 Å². The van der Waals surface area contributed by atoms with Crippen molar-refractivity contribution in [2.75, 3.05) is 4.90 Å². The van der Waals surface area contributed by atoms with Gasteiger partial charge in [0, 0.05) is 33.4 Å². The quantitative estimate of drug-likeness (QED) is 0.158. The number of anilines is 3. The Morgan fingerprint density at radius 1 is 0.276 bits per heavy atom. The molecule has 2 nitrogen and oxygen atoms in total. The van der Waals surface area contributed by atoms with Gasteiger partial charge in [0.05, 0.1) is 16.7 Å². The van der Waals surface area contributed by atoms with Crippen LogP contribution in [0.25, 0.3) is 82.4 Å². The van der Waals surface area contributed by atoms with E-state index >= 15 is 0 Å². The Kier molecular flexibility index (Phi) is 8.19. The predicted molar refractivity (Wildman–Crippen MR) is 247 cm³/mol. The van der Waals surface area contributed by atoms with Crippen molar-refractivity contribution in [3.05, 3.63) is 231 Å². The Bertz CT molecular complexity index is 3230. The maximum absolute atomic E-state index is 2.41. The summed E-state index contributed by atoms with van der Waals surface area (Å²) < 4.78 is 2.41. The van der Waals surface area contributed by atoms with Crippen LogP contribution in [0, 0.1) is 0 Å². The molecule has 58 heavy (non-hydrogen) atoms. The van der Waals surface area contributed by atoms with Gasteiger partial charge in [-0.2, -0.15) is 0 Å². The maximum Gasteiger partial charge on any atom is 0.0541 e. The average molecular weight is 739 g/mol. The maximum atomic E-state index is 2.41. The third kappa shape index (κ3) is 5.82. The first-order valence-corrected chi connectivity index (χ1v) is 19.9. The van der Waals surface area contributed by atoms with Crippen LogP contribution in [0.1, 0.15) is 0 Å². The highest BCUT2D eigenvalue weighted by molar-refractivity contribution is 6.10. The molecule has 272 valence electrons. The SMILES string of the molecule is c1ccc(-c2cccc3cc(N(c4ccc(-c5ccccc5-n5c6ccccc6c6ccccc65)cc4)c4cccc(-c5ccc6ccccc6c5)c4)ccc23)cc1. The Labute approximate surface area is 338 Å². The van der Waals surface area contributed by atoms with Crippen molar-refractivity contribution in [3.8, 4) is 39.1 Å². The molecule has 0 saturated carbocycles. The van der Waals surface area contributed by atoms with Gasteiger partial charge in [-0.15, -0.1) is 0 Å². The van der Waals surface area contributed by atoms with Gasteiger partial charge in [-0.1, -0.05) is 170 Å². The molecule has 1 aromatic heterocycles. The highest BCUT2D eigenvalue weighted by atomic mass is 15.1. The molecule has 2 heteroatoms. The molecule has 0 radical (unpaired) electrons. The lowest BCUT2D eigenvalue weighted by Crippen LogP contribution is -2.10. The van der Waals surface area contributed by atoms with Crippen molar-refractivity contribution in [1.29, 1.82) is 0 Å². The molecular formula is C56H38N2. The summed E-state index contributed by atoms with van der Waals surface area (Å²) >= 11 is 0. The molecule has 11 rings (SSSR count). The van der Waals surface area contributed by atoms with Crippen LogP contribution in [0.15, 0.2) is 231 Å². The Morgan fingerprint density at radius 3 is 1.64 bits per heavy atom. The summed E-state index contributed by atoms with van der Waals surface area (Å²) in [6.45, 7) is 0. The molecule has 0 spiro atoms. The molecule has 1 heterocycles. The molecule has 0 aliphatic rings. The number of rotatable bonds is 7. The molecule has 0 fully saturated rings. The van der Waals surface area contributed by atoms with Gasteiger partial charge in [0.2, 0.25) is 0 Å². The van der Waals surface area contributed by atoms with Crippen molar-refractivity contribution >= 4 is 60.4 Å². The third-order valence-electron chi connectivity index (χ3n) is 11.6. The summed E-state index contributed by atoms with van der Waals surface area (Å²) in [5, 5.41) is 7.44. The molecule has 10 aromatic carbocycles. The fraction of sp³-hybridized carbons (Fsp3) is 0. The highest BCUT2D eigenvalue weighted by Gasteiger charge is 2.18. The van der Waals surface area contributed by atoms with E-state index in [4.69, 9.17) is 0 Å². The lowest BCUT2D eigenvalue weighted by atomic mass is 9.97. The van der Waals surface area contributed by atoms with Crippen LogP contribution in [-0.4, -0.2) is 4.57 Å². The van der Waals surface area contributed by atoms with E-state index in [1.54, 1.807) is 0 Å². The second-order valence-corrected chi connectivity index (χ2v) is 15.0. The minimum atomic E-state index is 1.09. The van der Waals surface area contributed by atoms with Crippen LogP contribution >= 0.6 is 0 Å². The van der Waals surface area contributed by atoms with Crippen molar-refractivity contribution < 1.29 is 0 Å². The van der Waals surface area contributed by atoms with Gasteiger partial charge in [0.1, 0.15) is 0 Å². The number of para-hydroxylation sites is 3. The number of fused-ring (bicyclic) bond motifs is 5. The van der Waals surface area contributed by atoms with Crippen LogP contribution in [0.4, 0.5) is 17.1 Å².